The summed E-state index contributed by atoms with van der Waals surface area (Å²) in [5.41, 5.74) is 2.03. The molecule has 1 aliphatic rings. The monoisotopic (exact) mass is 216 g/mol. The number of nitrogens with one attached hydrogen (secondary N) is 1. The number of nitrogens with zero attached hydrogens (tertiary/aromatic N) is 3. The van der Waals surface area contributed by atoms with E-state index in [1.54, 1.807) is 0 Å². The standard InChI is InChI=1S/C12H16N4/c1-9-15-11-5-3-7-14-12(11)16(9)10-4-2-6-13-8-10/h3,5,7,10,13H,2,4,6,8H2,1H3/t10-/m1/s1. The maximum Gasteiger partial charge on any atom is 0.160 e. The topological polar surface area (TPSA) is 42.7 Å². The molecule has 2 aromatic heterocycles. The van der Waals surface area contributed by atoms with Crippen molar-refractivity contribution in [3.05, 3.63) is 24.2 Å². The van der Waals surface area contributed by atoms with E-state index in [1.165, 1.54) is 12.8 Å². The van der Waals surface area contributed by atoms with Gasteiger partial charge in [-0.3, -0.25) is 0 Å². The van der Waals surface area contributed by atoms with Crippen molar-refractivity contribution >= 4 is 11.2 Å². The summed E-state index contributed by atoms with van der Waals surface area (Å²) in [6, 6.07) is 4.48. The second kappa shape index (κ2) is 3.87. The van der Waals surface area contributed by atoms with Crippen molar-refractivity contribution in [1.82, 2.24) is 19.9 Å². The van der Waals surface area contributed by atoms with E-state index in [9.17, 15) is 0 Å². The van der Waals surface area contributed by atoms with Gasteiger partial charge < -0.3 is 9.88 Å². The van der Waals surface area contributed by atoms with Crippen LogP contribution in [0.4, 0.5) is 0 Å². The molecule has 0 aliphatic carbocycles. The van der Waals surface area contributed by atoms with E-state index in [0.29, 0.717) is 6.04 Å². The summed E-state index contributed by atoms with van der Waals surface area (Å²) in [7, 11) is 0. The molecule has 0 amide bonds. The lowest BCUT2D eigenvalue weighted by atomic mass is 10.1. The minimum atomic E-state index is 0.508. The van der Waals surface area contributed by atoms with Crippen LogP contribution in [-0.2, 0) is 0 Å². The maximum absolute atomic E-state index is 4.56. The zero-order valence-electron chi connectivity index (χ0n) is 9.48. The number of aromatic nitrogens is 3. The van der Waals surface area contributed by atoms with Crippen molar-refractivity contribution in [2.45, 2.75) is 25.8 Å². The Labute approximate surface area is 94.7 Å². The lowest BCUT2D eigenvalue weighted by Gasteiger charge is -2.25. The smallest absolute Gasteiger partial charge is 0.160 e. The first-order chi connectivity index (χ1) is 7.86. The van der Waals surface area contributed by atoms with Gasteiger partial charge in [0, 0.05) is 18.8 Å². The fourth-order valence-electron chi connectivity index (χ4n) is 2.53. The summed E-state index contributed by atoms with van der Waals surface area (Å²) in [5.74, 6) is 1.07. The Hall–Kier alpha value is -1.42. The number of hydrogen-bond acceptors (Lipinski definition) is 3. The molecule has 1 aliphatic heterocycles. The largest absolute Gasteiger partial charge is 0.315 e. The van der Waals surface area contributed by atoms with Gasteiger partial charge in [0.2, 0.25) is 0 Å². The molecule has 1 saturated heterocycles. The maximum atomic E-state index is 4.56. The first-order valence-corrected chi connectivity index (χ1v) is 5.86. The second-order valence-electron chi connectivity index (χ2n) is 4.38. The van der Waals surface area contributed by atoms with E-state index in [4.69, 9.17) is 0 Å². The van der Waals surface area contributed by atoms with Gasteiger partial charge in [-0.1, -0.05) is 0 Å². The van der Waals surface area contributed by atoms with Crippen molar-refractivity contribution in [1.29, 1.82) is 0 Å². The predicted molar refractivity (Wildman–Crippen MR) is 63.4 cm³/mol. The van der Waals surface area contributed by atoms with Crippen molar-refractivity contribution in [2.24, 2.45) is 0 Å². The summed E-state index contributed by atoms with van der Waals surface area (Å²) in [5, 5.41) is 3.44. The summed E-state index contributed by atoms with van der Waals surface area (Å²) < 4.78 is 2.28. The minimum absolute atomic E-state index is 0.508. The SMILES string of the molecule is Cc1nc2cccnc2n1[C@@H]1CCCNC1. The molecule has 4 nitrogen and oxygen atoms in total. The fourth-order valence-corrected chi connectivity index (χ4v) is 2.53. The molecule has 2 aromatic rings. The Bertz CT molecular complexity index is 497. The summed E-state index contributed by atoms with van der Waals surface area (Å²) in [6.07, 6.45) is 4.29. The van der Waals surface area contributed by atoms with E-state index in [-0.39, 0.29) is 0 Å². The van der Waals surface area contributed by atoms with Gasteiger partial charge in [-0.2, -0.15) is 0 Å². The highest BCUT2D eigenvalue weighted by Crippen LogP contribution is 2.23. The average Bonchev–Trinajstić information content (AvgIpc) is 2.66. The van der Waals surface area contributed by atoms with Crippen LogP contribution in [0.25, 0.3) is 11.2 Å². The van der Waals surface area contributed by atoms with Gasteiger partial charge in [-0.05, 0) is 38.4 Å². The van der Waals surface area contributed by atoms with E-state index >= 15 is 0 Å². The Balaban J connectivity index is 2.10. The van der Waals surface area contributed by atoms with Crippen molar-refractivity contribution < 1.29 is 0 Å². The molecule has 4 heteroatoms. The third-order valence-electron chi connectivity index (χ3n) is 3.26. The summed E-state index contributed by atoms with van der Waals surface area (Å²) in [6.45, 7) is 4.23. The van der Waals surface area contributed by atoms with Gasteiger partial charge in [0.1, 0.15) is 11.3 Å². The molecule has 0 spiro atoms. The van der Waals surface area contributed by atoms with Crippen LogP contribution in [-0.4, -0.2) is 27.6 Å². The normalized spacial score (nSPS) is 21.4. The molecule has 16 heavy (non-hydrogen) atoms. The number of fused-ring (bicyclic) bond motifs is 1. The van der Waals surface area contributed by atoms with Gasteiger partial charge in [0.05, 0.1) is 0 Å². The molecular formula is C12H16N4. The fraction of sp³-hybridized carbons (Fsp3) is 0.500. The van der Waals surface area contributed by atoms with Gasteiger partial charge in [0.25, 0.3) is 0 Å². The lowest BCUT2D eigenvalue weighted by Crippen LogP contribution is -2.32. The molecule has 0 aromatic carbocycles. The lowest BCUT2D eigenvalue weighted by molar-refractivity contribution is 0.372. The summed E-state index contributed by atoms with van der Waals surface area (Å²) >= 11 is 0. The third-order valence-corrected chi connectivity index (χ3v) is 3.26. The van der Waals surface area contributed by atoms with E-state index in [0.717, 1.165) is 30.1 Å². The van der Waals surface area contributed by atoms with Crippen molar-refractivity contribution in [3.8, 4) is 0 Å². The Morgan fingerprint density at radius 2 is 2.44 bits per heavy atom. The number of piperidine rings is 1. The Morgan fingerprint density at radius 1 is 1.50 bits per heavy atom. The number of imidazole rings is 1. The highest BCUT2D eigenvalue weighted by Gasteiger charge is 2.19. The Kier molecular flexibility index (Phi) is 2.36. The number of pyridine rings is 1. The third kappa shape index (κ3) is 1.50. The zero-order valence-corrected chi connectivity index (χ0v) is 9.48. The zero-order chi connectivity index (χ0) is 11.0. The molecule has 3 heterocycles. The van der Waals surface area contributed by atoms with Crippen LogP contribution in [0, 0.1) is 6.92 Å². The van der Waals surface area contributed by atoms with Crippen molar-refractivity contribution in [2.75, 3.05) is 13.1 Å². The molecule has 1 atom stereocenters. The van der Waals surface area contributed by atoms with Gasteiger partial charge in [-0.25, -0.2) is 9.97 Å². The van der Waals surface area contributed by atoms with Crippen LogP contribution in [0.3, 0.4) is 0 Å². The quantitative estimate of drug-likeness (QED) is 0.788. The minimum Gasteiger partial charge on any atom is -0.315 e. The van der Waals surface area contributed by atoms with E-state index in [2.05, 4.69) is 26.8 Å². The van der Waals surface area contributed by atoms with Crippen LogP contribution in [0.15, 0.2) is 18.3 Å². The molecule has 0 bridgehead atoms. The van der Waals surface area contributed by atoms with Crippen LogP contribution in [0.5, 0.6) is 0 Å². The van der Waals surface area contributed by atoms with Crippen LogP contribution >= 0.6 is 0 Å². The Morgan fingerprint density at radius 3 is 3.25 bits per heavy atom. The molecule has 0 radical (unpaired) electrons. The summed E-state index contributed by atoms with van der Waals surface area (Å²) in [4.78, 5) is 9.01. The van der Waals surface area contributed by atoms with Crippen LogP contribution in [0.1, 0.15) is 24.7 Å². The van der Waals surface area contributed by atoms with Crippen LogP contribution < -0.4 is 5.32 Å². The molecule has 1 fully saturated rings. The van der Waals surface area contributed by atoms with Gasteiger partial charge in [0.15, 0.2) is 5.65 Å². The van der Waals surface area contributed by atoms with Crippen LogP contribution in [0.2, 0.25) is 0 Å². The van der Waals surface area contributed by atoms with Gasteiger partial charge in [-0.15, -0.1) is 0 Å². The first kappa shape index (κ1) is 9.78. The molecule has 84 valence electrons. The number of hydrogen-bond donors (Lipinski definition) is 1. The molecule has 0 saturated carbocycles. The predicted octanol–water partition coefficient (Wildman–Crippen LogP) is 1.66. The first-order valence-electron chi connectivity index (χ1n) is 5.86. The molecule has 1 N–H and O–H groups in total. The van der Waals surface area contributed by atoms with Crippen molar-refractivity contribution in [3.63, 3.8) is 0 Å². The highest BCUT2D eigenvalue weighted by atomic mass is 15.2. The molecule has 3 rings (SSSR count). The molecule has 0 unspecified atom stereocenters. The second-order valence-corrected chi connectivity index (χ2v) is 4.38. The van der Waals surface area contributed by atoms with Gasteiger partial charge >= 0.3 is 0 Å². The van der Waals surface area contributed by atoms with E-state index in [1.807, 2.05) is 18.3 Å². The molecular weight excluding hydrogens is 200 g/mol. The number of rotatable bonds is 1. The number of aryl methyl sites for hydroxylation is 1. The highest BCUT2D eigenvalue weighted by molar-refractivity contribution is 5.71. The average molecular weight is 216 g/mol. The van der Waals surface area contributed by atoms with E-state index < -0.39 is 0 Å².